The van der Waals surface area contributed by atoms with Gasteiger partial charge in [0, 0.05) is 28.8 Å². The fourth-order valence-electron chi connectivity index (χ4n) is 7.33. The minimum atomic E-state index is -7.22. The average molecular weight is 981 g/mol. The first kappa shape index (κ1) is 49.9. The maximum absolute atomic E-state index is 15.4. The molecule has 0 saturated heterocycles. The quantitative estimate of drug-likeness (QED) is 0.0362. The van der Waals surface area contributed by atoms with Crippen molar-refractivity contribution in [3.05, 3.63) is 218 Å². The molecule has 0 spiro atoms. The Hall–Kier alpha value is -7.53. The van der Waals surface area contributed by atoms with Gasteiger partial charge < -0.3 is 0 Å². The van der Waals surface area contributed by atoms with Gasteiger partial charge in [-0.2, -0.15) is 4.57 Å². The van der Waals surface area contributed by atoms with Gasteiger partial charge in [0.25, 0.3) is 0 Å². The van der Waals surface area contributed by atoms with Gasteiger partial charge in [-0.15, -0.1) is 21.9 Å². The van der Waals surface area contributed by atoms with Gasteiger partial charge in [0.15, 0.2) is 88.0 Å². The normalized spacial score (nSPS) is 11.4. The van der Waals surface area contributed by atoms with Crippen LogP contribution < -0.4 is 26.4 Å². The Labute approximate surface area is 366 Å². The van der Waals surface area contributed by atoms with E-state index >= 15 is 35.1 Å². The zero-order chi connectivity index (χ0) is 50.4. The molecule has 0 aliphatic carbocycles. The Morgan fingerprint density at radius 1 is 0.324 bits per heavy atom. The summed E-state index contributed by atoms with van der Waals surface area (Å²) < 4.78 is 296. The lowest BCUT2D eigenvalue weighted by Gasteiger charge is -2.44. The maximum Gasteiger partial charge on any atom is 0.228 e. The van der Waals surface area contributed by atoms with E-state index in [9.17, 15) is 62.3 Å². The Balaban J connectivity index is 0.000000276. The van der Waals surface area contributed by atoms with Crippen molar-refractivity contribution in [3.8, 4) is 0 Å². The molecule has 1 heterocycles. The van der Waals surface area contributed by atoms with Crippen molar-refractivity contribution >= 4 is 39.6 Å². The molecular weight excluding hydrogens is 965 g/mol. The summed E-state index contributed by atoms with van der Waals surface area (Å²) in [5, 5.41) is 0. The van der Waals surface area contributed by atoms with Crippen molar-refractivity contribution in [1.29, 1.82) is 0 Å². The molecular formula is C44H16BF20NO2. The molecule has 0 radical (unpaired) electrons. The molecule has 0 bridgehead atoms. The lowest BCUT2D eigenvalue weighted by Crippen LogP contribution is -2.81. The van der Waals surface area contributed by atoms with Gasteiger partial charge in [0.2, 0.25) is 12.3 Å². The first-order chi connectivity index (χ1) is 32.0. The van der Waals surface area contributed by atoms with Gasteiger partial charge in [-0.05, 0) is 0 Å². The van der Waals surface area contributed by atoms with Crippen LogP contribution in [0.2, 0.25) is 0 Å². The highest BCUT2D eigenvalue weighted by Gasteiger charge is 2.52. The molecule has 68 heavy (non-hydrogen) atoms. The van der Waals surface area contributed by atoms with Crippen LogP contribution in [0.5, 0.6) is 0 Å². The highest BCUT2D eigenvalue weighted by Crippen LogP contribution is 2.31. The standard InChI is InChI=1S/C24BF20.C20H16NO2/c26-5-1(6(27)14(35)21(42)13(5)34)25(2-7(28)15(36)22(43)16(37)8(2)29,3-9(30)17(38)23(44)18(39)10(3)31)4-11(32)19(40)24(45)20(41)12(4)33;22-19(15-21-13-7-2-8-14-21)17-11-5-6-12-18(17)20(23)16-9-3-1-4-10-16/h;1-14H,15H2/q-1;+1. The summed E-state index contributed by atoms with van der Waals surface area (Å²) in [6.07, 6.45) is -3.55. The fraction of sp³-hybridized carbons (Fsp3) is 0.0227. The van der Waals surface area contributed by atoms with Crippen molar-refractivity contribution < 1.29 is 102 Å². The molecule has 0 aliphatic heterocycles. The molecule has 0 atom stereocenters. The third-order valence-corrected chi connectivity index (χ3v) is 10.3. The summed E-state index contributed by atoms with van der Waals surface area (Å²) in [5.74, 6) is -71.6. The maximum atomic E-state index is 15.4. The van der Waals surface area contributed by atoms with Gasteiger partial charge in [-0.3, -0.25) is 9.59 Å². The van der Waals surface area contributed by atoms with Crippen LogP contribution in [0.1, 0.15) is 26.3 Å². The van der Waals surface area contributed by atoms with Crippen LogP contribution in [-0.2, 0) is 6.54 Å². The number of hydrogen-bond donors (Lipinski definition) is 0. The van der Waals surface area contributed by atoms with E-state index in [1.165, 1.54) is 0 Å². The third kappa shape index (κ3) is 7.99. The second-order valence-electron chi connectivity index (χ2n) is 14.0. The number of hydrogen-bond acceptors (Lipinski definition) is 2. The number of pyridine rings is 1. The molecule has 7 aromatic rings. The smallest absolute Gasteiger partial charge is 0.228 e. The Morgan fingerprint density at radius 2 is 0.574 bits per heavy atom. The number of Topliss-reactive ketones (excluding diaryl/α,β-unsaturated/α-hetero) is 1. The van der Waals surface area contributed by atoms with Gasteiger partial charge in [0.1, 0.15) is 52.7 Å². The minimum absolute atomic E-state index is 0.0823. The highest BCUT2D eigenvalue weighted by atomic mass is 19.2. The fourth-order valence-corrected chi connectivity index (χ4v) is 7.33. The lowest BCUT2D eigenvalue weighted by atomic mass is 9.12. The van der Waals surface area contributed by atoms with E-state index in [0.29, 0.717) is 16.7 Å². The second-order valence-corrected chi connectivity index (χ2v) is 14.0. The molecule has 3 nitrogen and oxygen atoms in total. The van der Waals surface area contributed by atoms with Crippen LogP contribution >= 0.6 is 0 Å². The molecule has 0 amide bonds. The summed E-state index contributed by atoms with van der Waals surface area (Å²) >= 11 is 0. The van der Waals surface area contributed by atoms with E-state index in [1.54, 1.807) is 41.0 Å². The number of halogens is 20. The van der Waals surface area contributed by atoms with Crippen LogP contribution in [0.25, 0.3) is 0 Å². The van der Waals surface area contributed by atoms with E-state index in [2.05, 4.69) is 0 Å². The van der Waals surface area contributed by atoms with Gasteiger partial charge in [-0.1, -0.05) is 60.7 Å². The predicted molar refractivity (Wildman–Crippen MR) is 197 cm³/mol. The summed E-state index contributed by atoms with van der Waals surface area (Å²) in [4.78, 5) is 25.3. The zero-order valence-electron chi connectivity index (χ0n) is 32.7. The Kier molecular flexibility index (Phi) is 13.9. The zero-order valence-corrected chi connectivity index (χ0v) is 32.7. The number of ketones is 2. The lowest BCUT2D eigenvalue weighted by molar-refractivity contribution is -0.683. The van der Waals surface area contributed by atoms with Gasteiger partial charge >= 0.3 is 0 Å². The topological polar surface area (TPSA) is 38.0 Å². The van der Waals surface area contributed by atoms with E-state index in [-0.39, 0.29) is 18.1 Å². The predicted octanol–water partition coefficient (Wildman–Crippen LogP) is 8.93. The van der Waals surface area contributed by atoms with Crippen molar-refractivity contribution in [2.24, 2.45) is 0 Å². The van der Waals surface area contributed by atoms with E-state index in [0.717, 1.165) is 0 Å². The molecule has 0 unspecified atom stereocenters. The number of aromatic nitrogens is 1. The first-order valence-electron chi connectivity index (χ1n) is 18.4. The highest BCUT2D eigenvalue weighted by molar-refractivity contribution is 7.20. The number of rotatable bonds is 9. The SMILES string of the molecule is Fc1c(F)c(F)c([B-](c2c(F)c(F)c(F)c(F)c2F)(c2c(F)c(F)c(F)c(F)c2F)c2c(F)c(F)c(F)c(F)c2F)c(F)c1F.O=C(C[n+]1ccccc1)c1ccccc1C(=O)c1ccccc1. The third-order valence-electron chi connectivity index (χ3n) is 10.3. The molecule has 24 heteroatoms. The van der Waals surface area contributed by atoms with Gasteiger partial charge in [0.05, 0.1) is 0 Å². The number of benzene rings is 6. The number of carbonyl (C=O) groups is 2. The summed E-state index contributed by atoms with van der Waals surface area (Å²) in [5.41, 5.74) is -12.8. The molecule has 0 fully saturated rings. The van der Waals surface area contributed by atoms with E-state index in [1.807, 2.05) is 48.8 Å². The summed E-state index contributed by atoms with van der Waals surface area (Å²) in [7, 11) is 0. The molecule has 6 aromatic carbocycles. The van der Waals surface area contributed by atoms with E-state index < -0.39 is 144 Å². The van der Waals surface area contributed by atoms with Crippen molar-refractivity contribution in [2.45, 2.75) is 6.54 Å². The average Bonchev–Trinajstić information content (AvgIpc) is 3.34. The molecule has 1 aromatic heterocycles. The van der Waals surface area contributed by atoms with Crippen LogP contribution in [0.3, 0.4) is 0 Å². The molecule has 352 valence electrons. The first-order valence-corrected chi connectivity index (χ1v) is 18.4. The van der Waals surface area contributed by atoms with Crippen molar-refractivity contribution in [1.82, 2.24) is 0 Å². The minimum Gasteiger partial charge on any atom is -0.289 e. The largest absolute Gasteiger partial charge is 0.289 e. The molecule has 7 rings (SSSR count). The summed E-state index contributed by atoms with van der Waals surface area (Å²) in [6, 6.07) is 21.6. The number of nitrogens with zero attached hydrogens (tertiary/aromatic N) is 1. The van der Waals surface area contributed by atoms with Crippen LogP contribution in [0.15, 0.2) is 85.2 Å². The van der Waals surface area contributed by atoms with Crippen LogP contribution in [0, 0.1) is 116 Å². The summed E-state index contributed by atoms with van der Waals surface area (Å²) in [6.45, 7) is 0.208. The Morgan fingerprint density at radius 3 is 0.882 bits per heavy atom. The van der Waals surface area contributed by atoms with Crippen LogP contribution in [-0.4, -0.2) is 17.7 Å². The molecule has 0 aliphatic rings. The van der Waals surface area contributed by atoms with Gasteiger partial charge in [-0.25, -0.2) is 87.8 Å². The van der Waals surface area contributed by atoms with Crippen molar-refractivity contribution in [2.75, 3.05) is 0 Å². The second kappa shape index (κ2) is 19.0. The van der Waals surface area contributed by atoms with Crippen molar-refractivity contribution in [3.63, 3.8) is 0 Å². The monoisotopic (exact) mass is 981 g/mol. The van der Waals surface area contributed by atoms with E-state index in [4.69, 9.17) is 0 Å². The Bertz CT molecular complexity index is 2810. The number of carbonyl (C=O) groups excluding carboxylic acids is 2. The molecule has 0 N–H and O–H groups in total. The van der Waals surface area contributed by atoms with Crippen LogP contribution in [0.4, 0.5) is 87.8 Å². The molecule has 0 saturated carbocycles.